The van der Waals surface area contributed by atoms with E-state index in [-0.39, 0.29) is 11.9 Å². The molecule has 0 bridgehead atoms. The fourth-order valence-electron chi connectivity index (χ4n) is 2.71. The van der Waals surface area contributed by atoms with Gasteiger partial charge in [0.15, 0.2) is 0 Å². The van der Waals surface area contributed by atoms with Crippen molar-refractivity contribution in [2.45, 2.75) is 12.5 Å². The molecule has 0 saturated heterocycles. The first kappa shape index (κ1) is 15.0. The van der Waals surface area contributed by atoms with Crippen LogP contribution >= 0.6 is 31.9 Å². The van der Waals surface area contributed by atoms with Crippen LogP contribution in [0.4, 0.5) is 4.39 Å². The average Bonchev–Trinajstić information content (AvgIpc) is 2.91. The molecule has 1 atom stereocenters. The van der Waals surface area contributed by atoms with Crippen LogP contribution in [-0.2, 0) is 6.42 Å². The summed E-state index contributed by atoms with van der Waals surface area (Å²) < 4.78 is 20.7. The Morgan fingerprint density at radius 3 is 2.76 bits per heavy atom. The SMILES string of the molecule is CNC(c1ccc(F)c(Br)c1)c1cc(Br)cc2c1OCC2. The minimum atomic E-state index is -0.260. The third-order valence-electron chi connectivity index (χ3n) is 3.65. The summed E-state index contributed by atoms with van der Waals surface area (Å²) in [5, 5.41) is 3.29. The summed E-state index contributed by atoms with van der Waals surface area (Å²) in [5.41, 5.74) is 3.26. The second-order valence-electron chi connectivity index (χ2n) is 4.98. The Labute approximate surface area is 140 Å². The highest BCUT2D eigenvalue weighted by atomic mass is 79.9. The minimum Gasteiger partial charge on any atom is -0.493 e. The molecule has 0 radical (unpaired) electrons. The Morgan fingerprint density at radius 1 is 1.24 bits per heavy atom. The molecule has 1 N–H and O–H groups in total. The van der Waals surface area contributed by atoms with Crippen molar-refractivity contribution in [3.8, 4) is 5.75 Å². The number of hydrogen-bond acceptors (Lipinski definition) is 2. The predicted octanol–water partition coefficient (Wildman–Crippen LogP) is 4.59. The second-order valence-corrected chi connectivity index (χ2v) is 6.75. The Bertz CT molecular complexity index is 690. The Balaban J connectivity index is 2.10. The van der Waals surface area contributed by atoms with Crippen LogP contribution in [0, 0.1) is 5.82 Å². The van der Waals surface area contributed by atoms with Gasteiger partial charge in [-0.2, -0.15) is 0 Å². The molecule has 0 aliphatic carbocycles. The Hall–Kier alpha value is -0.910. The maximum absolute atomic E-state index is 13.5. The van der Waals surface area contributed by atoms with Crippen molar-refractivity contribution >= 4 is 31.9 Å². The molecule has 21 heavy (non-hydrogen) atoms. The highest BCUT2D eigenvalue weighted by Crippen LogP contribution is 2.39. The molecule has 5 heteroatoms. The molecule has 1 heterocycles. The standard InChI is InChI=1S/C16H14Br2FNO/c1-20-15(9-2-3-14(19)13(18)7-9)12-8-11(17)6-10-4-5-21-16(10)12/h2-3,6-8,15,20H,4-5H2,1H3. The molecule has 3 rings (SSSR count). The fourth-order valence-corrected chi connectivity index (χ4v) is 3.63. The highest BCUT2D eigenvalue weighted by Gasteiger charge is 2.24. The van der Waals surface area contributed by atoms with E-state index in [4.69, 9.17) is 4.74 Å². The van der Waals surface area contributed by atoms with E-state index >= 15 is 0 Å². The quantitative estimate of drug-likeness (QED) is 0.792. The van der Waals surface area contributed by atoms with Gasteiger partial charge in [0, 0.05) is 16.5 Å². The van der Waals surface area contributed by atoms with Crippen molar-refractivity contribution in [1.82, 2.24) is 5.32 Å². The molecule has 0 fully saturated rings. The van der Waals surface area contributed by atoms with E-state index in [9.17, 15) is 4.39 Å². The number of hydrogen-bond donors (Lipinski definition) is 1. The zero-order valence-electron chi connectivity index (χ0n) is 11.4. The number of ether oxygens (including phenoxy) is 1. The van der Waals surface area contributed by atoms with Crippen LogP contribution in [-0.4, -0.2) is 13.7 Å². The first-order chi connectivity index (χ1) is 10.1. The van der Waals surface area contributed by atoms with Gasteiger partial charge in [-0.05, 0) is 58.4 Å². The second kappa shape index (κ2) is 6.07. The maximum Gasteiger partial charge on any atom is 0.137 e. The van der Waals surface area contributed by atoms with E-state index in [2.05, 4.69) is 49.3 Å². The van der Waals surface area contributed by atoms with Gasteiger partial charge in [0.1, 0.15) is 11.6 Å². The van der Waals surface area contributed by atoms with Crippen LogP contribution in [0.1, 0.15) is 22.7 Å². The molecule has 0 saturated carbocycles. The van der Waals surface area contributed by atoms with Gasteiger partial charge in [-0.15, -0.1) is 0 Å². The topological polar surface area (TPSA) is 21.3 Å². The molecule has 2 nitrogen and oxygen atoms in total. The molecule has 110 valence electrons. The molecule has 1 unspecified atom stereocenters. The van der Waals surface area contributed by atoms with E-state index in [1.54, 1.807) is 12.1 Å². The van der Waals surface area contributed by atoms with Crippen molar-refractivity contribution in [2.24, 2.45) is 0 Å². The van der Waals surface area contributed by atoms with Gasteiger partial charge < -0.3 is 10.1 Å². The van der Waals surface area contributed by atoms with Crippen LogP contribution in [0.2, 0.25) is 0 Å². The van der Waals surface area contributed by atoms with Crippen molar-refractivity contribution < 1.29 is 9.13 Å². The lowest BCUT2D eigenvalue weighted by molar-refractivity contribution is 0.351. The molecule has 0 spiro atoms. The van der Waals surface area contributed by atoms with Gasteiger partial charge in [-0.1, -0.05) is 22.0 Å². The lowest BCUT2D eigenvalue weighted by atomic mass is 9.96. The van der Waals surface area contributed by atoms with Crippen molar-refractivity contribution in [3.63, 3.8) is 0 Å². The lowest BCUT2D eigenvalue weighted by Crippen LogP contribution is -2.18. The predicted molar refractivity (Wildman–Crippen MR) is 88.3 cm³/mol. The lowest BCUT2D eigenvalue weighted by Gasteiger charge is -2.20. The third-order valence-corrected chi connectivity index (χ3v) is 4.72. The van der Waals surface area contributed by atoms with E-state index in [0.29, 0.717) is 11.1 Å². The fraction of sp³-hybridized carbons (Fsp3) is 0.250. The third kappa shape index (κ3) is 2.87. The zero-order valence-corrected chi connectivity index (χ0v) is 14.6. The molecule has 2 aromatic carbocycles. The first-order valence-corrected chi connectivity index (χ1v) is 8.26. The maximum atomic E-state index is 13.5. The largest absolute Gasteiger partial charge is 0.493 e. The van der Waals surface area contributed by atoms with Gasteiger partial charge in [0.2, 0.25) is 0 Å². The summed E-state index contributed by atoms with van der Waals surface area (Å²) in [5.74, 6) is 0.683. The minimum absolute atomic E-state index is 0.0498. The van der Waals surface area contributed by atoms with Gasteiger partial charge in [0.25, 0.3) is 0 Å². The molecule has 0 amide bonds. The molecular weight excluding hydrogens is 401 g/mol. The van der Waals surface area contributed by atoms with Gasteiger partial charge in [0.05, 0.1) is 17.1 Å². The average molecular weight is 415 g/mol. The van der Waals surface area contributed by atoms with Crippen molar-refractivity contribution in [2.75, 3.05) is 13.7 Å². The molecule has 1 aliphatic heterocycles. The number of nitrogens with one attached hydrogen (secondary N) is 1. The smallest absolute Gasteiger partial charge is 0.137 e. The van der Waals surface area contributed by atoms with Crippen LogP contribution in [0.15, 0.2) is 39.3 Å². The monoisotopic (exact) mass is 413 g/mol. The summed E-state index contributed by atoms with van der Waals surface area (Å²) in [4.78, 5) is 0. The van der Waals surface area contributed by atoms with E-state index in [0.717, 1.165) is 27.8 Å². The number of rotatable bonds is 3. The highest BCUT2D eigenvalue weighted by molar-refractivity contribution is 9.10. The molecule has 0 aromatic heterocycles. The Kier molecular flexibility index (Phi) is 4.33. The normalized spacial score (nSPS) is 14.7. The summed E-state index contributed by atoms with van der Waals surface area (Å²) in [6.45, 7) is 0.711. The van der Waals surface area contributed by atoms with Crippen LogP contribution in [0.25, 0.3) is 0 Å². The first-order valence-electron chi connectivity index (χ1n) is 6.67. The van der Waals surface area contributed by atoms with Crippen LogP contribution in [0.5, 0.6) is 5.75 Å². The van der Waals surface area contributed by atoms with E-state index < -0.39 is 0 Å². The number of fused-ring (bicyclic) bond motifs is 1. The molecule has 2 aromatic rings. The zero-order chi connectivity index (χ0) is 15.0. The number of benzene rings is 2. The van der Waals surface area contributed by atoms with Crippen molar-refractivity contribution in [1.29, 1.82) is 0 Å². The van der Waals surface area contributed by atoms with Gasteiger partial charge in [-0.3, -0.25) is 0 Å². The van der Waals surface area contributed by atoms with E-state index in [1.807, 2.05) is 7.05 Å². The number of halogens is 3. The summed E-state index contributed by atoms with van der Waals surface area (Å²) >= 11 is 6.81. The summed E-state index contributed by atoms with van der Waals surface area (Å²) in [6, 6.07) is 9.18. The van der Waals surface area contributed by atoms with Crippen LogP contribution in [0.3, 0.4) is 0 Å². The Morgan fingerprint density at radius 2 is 2.05 bits per heavy atom. The summed E-state index contributed by atoms with van der Waals surface area (Å²) in [7, 11) is 1.89. The molecule has 1 aliphatic rings. The van der Waals surface area contributed by atoms with Crippen molar-refractivity contribution in [3.05, 3.63) is 61.8 Å². The van der Waals surface area contributed by atoms with Gasteiger partial charge >= 0.3 is 0 Å². The molecular formula is C16H14Br2FNO. The van der Waals surface area contributed by atoms with Crippen LogP contribution < -0.4 is 10.1 Å². The summed E-state index contributed by atoms with van der Waals surface area (Å²) in [6.07, 6.45) is 0.922. The van der Waals surface area contributed by atoms with E-state index in [1.165, 1.54) is 11.6 Å². The van der Waals surface area contributed by atoms with Gasteiger partial charge in [-0.25, -0.2) is 4.39 Å².